The summed E-state index contributed by atoms with van der Waals surface area (Å²) in [6.45, 7) is 7.66. The fourth-order valence-electron chi connectivity index (χ4n) is 1.02. The van der Waals surface area contributed by atoms with Crippen molar-refractivity contribution in [3.63, 3.8) is 0 Å². The highest BCUT2D eigenvalue weighted by Gasteiger charge is 2.26. The Balaban J connectivity index is 4.16. The van der Waals surface area contributed by atoms with Gasteiger partial charge in [-0.2, -0.15) is 0 Å². The number of amides is 1. The molecule has 0 heterocycles. The van der Waals surface area contributed by atoms with Crippen molar-refractivity contribution < 1.29 is 14.7 Å². The van der Waals surface area contributed by atoms with Crippen molar-refractivity contribution in [2.24, 2.45) is 11.3 Å². The molecular formula is C11H21NO3. The Hall–Kier alpha value is -1.06. The van der Waals surface area contributed by atoms with Crippen molar-refractivity contribution in [2.75, 3.05) is 6.54 Å². The van der Waals surface area contributed by atoms with E-state index in [1.54, 1.807) is 6.92 Å². The number of carbonyl (C=O) groups is 2. The summed E-state index contributed by atoms with van der Waals surface area (Å²) in [6, 6.07) is 0. The summed E-state index contributed by atoms with van der Waals surface area (Å²) in [4.78, 5) is 22.3. The van der Waals surface area contributed by atoms with Gasteiger partial charge in [0.05, 0.1) is 5.92 Å². The Bertz CT molecular complexity index is 236. The lowest BCUT2D eigenvalue weighted by molar-refractivity contribution is -0.142. The summed E-state index contributed by atoms with van der Waals surface area (Å²) >= 11 is 0. The Kier molecular flexibility index (Phi) is 5.33. The SMILES string of the molecule is CCC(CNC(=O)C(C)(C)CC)C(=O)O. The van der Waals surface area contributed by atoms with Gasteiger partial charge >= 0.3 is 5.97 Å². The van der Waals surface area contributed by atoms with Gasteiger partial charge in [-0.15, -0.1) is 0 Å². The average Bonchev–Trinajstić information content (AvgIpc) is 2.17. The number of carbonyl (C=O) groups excluding carboxylic acids is 1. The van der Waals surface area contributed by atoms with E-state index in [-0.39, 0.29) is 12.5 Å². The van der Waals surface area contributed by atoms with Gasteiger partial charge in [0.1, 0.15) is 0 Å². The maximum absolute atomic E-state index is 11.6. The van der Waals surface area contributed by atoms with Crippen LogP contribution >= 0.6 is 0 Å². The van der Waals surface area contributed by atoms with Crippen LogP contribution in [0.15, 0.2) is 0 Å². The van der Waals surface area contributed by atoms with Gasteiger partial charge in [0.2, 0.25) is 5.91 Å². The van der Waals surface area contributed by atoms with Crippen molar-refractivity contribution in [2.45, 2.75) is 40.5 Å². The molecule has 0 aromatic rings. The number of rotatable bonds is 6. The predicted octanol–water partition coefficient (Wildman–Crippen LogP) is 1.65. The first kappa shape index (κ1) is 13.9. The normalized spacial score (nSPS) is 13.3. The van der Waals surface area contributed by atoms with Gasteiger partial charge in [-0.3, -0.25) is 9.59 Å². The molecule has 0 rings (SSSR count). The largest absolute Gasteiger partial charge is 0.481 e. The molecule has 4 nitrogen and oxygen atoms in total. The number of carboxylic acid groups (broad SMARTS) is 1. The minimum atomic E-state index is -0.855. The number of hydrogen-bond acceptors (Lipinski definition) is 2. The van der Waals surface area contributed by atoms with Crippen LogP contribution in [-0.4, -0.2) is 23.5 Å². The Morgan fingerprint density at radius 1 is 1.33 bits per heavy atom. The molecule has 88 valence electrons. The van der Waals surface area contributed by atoms with E-state index in [4.69, 9.17) is 5.11 Å². The van der Waals surface area contributed by atoms with Gasteiger partial charge in [-0.05, 0) is 12.8 Å². The molecule has 0 radical (unpaired) electrons. The lowest BCUT2D eigenvalue weighted by Crippen LogP contribution is -2.40. The maximum atomic E-state index is 11.6. The molecule has 4 heteroatoms. The molecule has 0 aromatic carbocycles. The van der Waals surface area contributed by atoms with Crippen LogP contribution in [0.4, 0.5) is 0 Å². The Morgan fingerprint density at radius 3 is 2.20 bits per heavy atom. The van der Waals surface area contributed by atoms with E-state index in [0.29, 0.717) is 6.42 Å². The Morgan fingerprint density at radius 2 is 1.87 bits per heavy atom. The van der Waals surface area contributed by atoms with Gasteiger partial charge in [0.25, 0.3) is 0 Å². The zero-order valence-electron chi connectivity index (χ0n) is 9.96. The van der Waals surface area contributed by atoms with Gasteiger partial charge in [0.15, 0.2) is 0 Å². The number of carboxylic acids is 1. The van der Waals surface area contributed by atoms with Gasteiger partial charge in [0, 0.05) is 12.0 Å². The standard InChI is InChI=1S/C11H21NO3/c1-5-8(9(13)14)7-12-10(15)11(3,4)6-2/h8H,5-7H2,1-4H3,(H,12,15)(H,13,14). The second kappa shape index (κ2) is 5.73. The second-order valence-electron chi connectivity index (χ2n) is 4.39. The van der Waals surface area contributed by atoms with Crippen LogP contribution in [0.25, 0.3) is 0 Å². The zero-order valence-corrected chi connectivity index (χ0v) is 9.96. The van der Waals surface area contributed by atoms with Crippen molar-refractivity contribution in [1.29, 1.82) is 0 Å². The van der Waals surface area contributed by atoms with Crippen molar-refractivity contribution >= 4 is 11.9 Å². The third-order valence-corrected chi connectivity index (χ3v) is 2.85. The summed E-state index contributed by atoms with van der Waals surface area (Å²) in [5.74, 6) is -1.42. The minimum absolute atomic E-state index is 0.0790. The molecule has 15 heavy (non-hydrogen) atoms. The first-order chi connectivity index (χ1) is 6.85. The van der Waals surface area contributed by atoms with Crippen LogP contribution in [-0.2, 0) is 9.59 Å². The summed E-state index contributed by atoms with van der Waals surface area (Å²) in [5.41, 5.74) is -0.420. The number of aliphatic carboxylic acids is 1. The fraction of sp³-hybridized carbons (Fsp3) is 0.818. The van der Waals surface area contributed by atoms with E-state index in [1.165, 1.54) is 0 Å². The topological polar surface area (TPSA) is 66.4 Å². The van der Waals surface area contributed by atoms with Crippen LogP contribution in [0, 0.1) is 11.3 Å². The molecule has 1 amide bonds. The van der Waals surface area contributed by atoms with E-state index in [2.05, 4.69) is 5.32 Å². The third-order valence-electron chi connectivity index (χ3n) is 2.85. The molecule has 1 unspecified atom stereocenters. The summed E-state index contributed by atoms with van der Waals surface area (Å²) < 4.78 is 0. The molecule has 0 saturated carbocycles. The number of nitrogens with one attached hydrogen (secondary N) is 1. The van der Waals surface area contributed by atoms with Crippen LogP contribution in [0.1, 0.15) is 40.5 Å². The molecule has 0 aliphatic carbocycles. The van der Waals surface area contributed by atoms with E-state index in [1.807, 2.05) is 20.8 Å². The molecule has 2 N–H and O–H groups in total. The maximum Gasteiger partial charge on any atom is 0.308 e. The molecule has 0 bridgehead atoms. The summed E-state index contributed by atoms with van der Waals surface area (Å²) in [5, 5.41) is 11.5. The quantitative estimate of drug-likeness (QED) is 0.708. The third kappa shape index (κ3) is 4.32. The fourth-order valence-corrected chi connectivity index (χ4v) is 1.02. The molecule has 0 spiro atoms. The molecular weight excluding hydrogens is 194 g/mol. The summed E-state index contributed by atoms with van der Waals surface area (Å²) in [7, 11) is 0. The van der Waals surface area contributed by atoms with Crippen molar-refractivity contribution in [3.8, 4) is 0 Å². The van der Waals surface area contributed by atoms with Gasteiger partial charge in [-0.25, -0.2) is 0 Å². The average molecular weight is 215 g/mol. The number of hydrogen-bond donors (Lipinski definition) is 2. The molecule has 0 aliphatic rings. The highest BCUT2D eigenvalue weighted by molar-refractivity contribution is 5.82. The van der Waals surface area contributed by atoms with E-state index < -0.39 is 17.3 Å². The van der Waals surface area contributed by atoms with Crippen LogP contribution in [0.5, 0.6) is 0 Å². The summed E-state index contributed by atoms with van der Waals surface area (Å²) in [6.07, 6.45) is 1.27. The lowest BCUT2D eigenvalue weighted by atomic mass is 9.89. The molecule has 0 saturated heterocycles. The van der Waals surface area contributed by atoms with E-state index in [0.717, 1.165) is 6.42 Å². The van der Waals surface area contributed by atoms with E-state index in [9.17, 15) is 9.59 Å². The smallest absolute Gasteiger partial charge is 0.308 e. The highest BCUT2D eigenvalue weighted by atomic mass is 16.4. The van der Waals surface area contributed by atoms with Crippen molar-refractivity contribution in [3.05, 3.63) is 0 Å². The molecule has 1 atom stereocenters. The van der Waals surface area contributed by atoms with Crippen molar-refractivity contribution in [1.82, 2.24) is 5.32 Å². The first-order valence-corrected chi connectivity index (χ1v) is 5.36. The van der Waals surface area contributed by atoms with Gasteiger partial charge < -0.3 is 10.4 Å². The van der Waals surface area contributed by atoms with Crippen LogP contribution < -0.4 is 5.32 Å². The monoisotopic (exact) mass is 215 g/mol. The van der Waals surface area contributed by atoms with Gasteiger partial charge in [-0.1, -0.05) is 27.7 Å². The lowest BCUT2D eigenvalue weighted by Gasteiger charge is -2.22. The molecule has 0 aliphatic heterocycles. The molecule has 0 aromatic heterocycles. The predicted molar refractivity (Wildman–Crippen MR) is 58.5 cm³/mol. The minimum Gasteiger partial charge on any atom is -0.481 e. The van der Waals surface area contributed by atoms with Crippen LogP contribution in [0.2, 0.25) is 0 Å². The van der Waals surface area contributed by atoms with E-state index >= 15 is 0 Å². The highest BCUT2D eigenvalue weighted by Crippen LogP contribution is 2.19. The second-order valence-corrected chi connectivity index (χ2v) is 4.39. The zero-order chi connectivity index (χ0) is 12.1. The van der Waals surface area contributed by atoms with Crippen LogP contribution in [0.3, 0.4) is 0 Å². The Labute approximate surface area is 91.1 Å². The molecule has 0 fully saturated rings. The first-order valence-electron chi connectivity index (χ1n) is 5.36.